The number of fused-ring (bicyclic) bond motifs is 6. The van der Waals surface area contributed by atoms with E-state index in [1.165, 1.54) is 66.8 Å². The van der Waals surface area contributed by atoms with E-state index in [0.29, 0.717) is 0 Å². The van der Waals surface area contributed by atoms with Gasteiger partial charge in [0.2, 0.25) is 0 Å². The molecule has 0 aliphatic heterocycles. The van der Waals surface area contributed by atoms with Crippen LogP contribution in [0.2, 0.25) is 0 Å². The van der Waals surface area contributed by atoms with Gasteiger partial charge in [-0.1, -0.05) is 0 Å². The average Bonchev–Trinajstić information content (AvgIpc) is 1.57. The van der Waals surface area contributed by atoms with Gasteiger partial charge in [-0.15, -0.1) is 0 Å². The van der Waals surface area contributed by atoms with Crippen molar-refractivity contribution in [3.05, 3.63) is 292 Å². The monoisotopic (exact) mass is 1500 g/mol. The van der Waals surface area contributed by atoms with E-state index < -0.39 is 41.9 Å². The second-order valence-corrected chi connectivity index (χ2v) is 47.1. The standard InChI is InChI=1S/2C21H25.2C15H14.2C5H5.2ClH.2Hf/c2*1-20(2,3)16-7-9-18-14(12-16)11-15-13-17(21(4,5)6)8-10-19(15)18;2*1-3-8-14(9-4-1)12-7-13-15-10-5-2-6-11-15;2*1-2-4-5-3-1;;;;/h2*7-10,12H,11H2,1-6H3;2*1-6,8-11H,12-13H2;2*1-3H,4H2;2*1H;;/p-2. The molecule has 8 aromatic rings. The van der Waals surface area contributed by atoms with Crippen molar-refractivity contribution < 1.29 is 66.7 Å². The number of allylic oxidation sites excluding steroid dienone is 8. The first kappa shape index (κ1) is 65.2. The van der Waals surface area contributed by atoms with E-state index in [4.69, 9.17) is 0 Å². The normalized spacial score (nSPS) is 13.7. The third-order valence-corrected chi connectivity index (χ3v) is 40.5. The topological polar surface area (TPSA) is 0 Å². The van der Waals surface area contributed by atoms with E-state index in [9.17, 15) is 0 Å². The molecular weight excluding hydrogens is 1410 g/mol. The molecule has 4 aliphatic carbocycles. The van der Waals surface area contributed by atoms with Gasteiger partial charge in [0.1, 0.15) is 0 Å². The molecule has 440 valence electrons. The molecule has 8 aromatic carbocycles. The molecule has 0 saturated carbocycles. The third-order valence-electron chi connectivity index (χ3n) is 17.9. The van der Waals surface area contributed by atoms with E-state index in [0.717, 1.165) is 51.4 Å². The SMILES string of the molecule is CC(C)(C)c1ccc2c(c1)Cc1c-2ccc(C(C)(C)C)[c]1[Hf]([C]1=CC=CC1)=[C](Cc1ccccc1)Cc1ccccc1.CC(C)(C)c1ccc2c(c1)Cc1c-2ccc(C(C)(C)C)[c]1[Hf]([C]1=CC=CC1)=[C](Cc1ccccc1)Cc1ccccc1.[Cl-].[Cl-]. The van der Waals surface area contributed by atoms with Gasteiger partial charge in [0.15, 0.2) is 0 Å². The average molecular weight is 1500 g/mol. The molecule has 0 fully saturated rings. The van der Waals surface area contributed by atoms with Crippen molar-refractivity contribution in [1.82, 2.24) is 0 Å². The van der Waals surface area contributed by atoms with E-state index in [1.54, 1.807) is 42.1 Å². The van der Waals surface area contributed by atoms with Gasteiger partial charge in [0.25, 0.3) is 0 Å². The first-order chi connectivity index (χ1) is 40.2. The first-order valence-corrected chi connectivity index (χ1v) is 41.9. The molecule has 0 amide bonds. The van der Waals surface area contributed by atoms with Crippen molar-refractivity contribution >= 4 is 13.2 Å². The Kier molecular flexibility index (Phi) is 20.7. The van der Waals surface area contributed by atoms with E-state index in [1.807, 2.05) is 0 Å². The zero-order valence-electron chi connectivity index (χ0n) is 53.2. The Hall–Kier alpha value is -5.22. The molecule has 0 aromatic heterocycles. The van der Waals surface area contributed by atoms with E-state index in [2.05, 4.69) is 302 Å². The van der Waals surface area contributed by atoms with Gasteiger partial charge >= 0.3 is 525 Å². The van der Waals surface area contributed by atoms with E-state index >= 15 is 0 Å². The number of benzene rings is 8. The van der Waals surface area contributed by atoms with Crippen LogP contribution in [-0.2, 0) is 102 Å². The largest absolute Gasteiger partial charge is 1.00 e. The summed E-state index contributed by atoms with van der Waals surface area (Å²) in [4.78, 5) is 0. The fourth-order valence-electron chi connectivity index (χ4n) is 13.5. The molecule has 0 N–H and O–H groups in total. The molecule has 0 radical (unpaired) electrons. The maximum Gasteiger partial charge on any atom is -1.00 e. The number of rotatable bonds is 12. The molecule has 0 unspecified atom stereocenters. The van der Waals surface area contributed by atoms with Crippen LogP contribution in [-0.4, -0.2) is 6.51 Å². The minimum absolute atomic E-state index is 0. The fourth-order valence-corrected chi connectivity index (χ4v) is 40.3. The predicted octanol–water partition coefficient (Wildman–Crippen LogP) is 13.2. The van der Waals surface area contributed by atoms with Crippen LogP contribution >= 0.6 is 0 Å². The van der Waals surface area contributed by atoms with Gasteiger partial charge in [-0.2, -0.15) is 0 Å². The molecule has 12 rings (SSSR count). The summed E-state index contributed by atoms with van der Waals surface area (Å²) in [6.45, 7) is 28.6. The summed E-state index contributed by atoms with van der Waals surface area (Å²) < 4.78 is 10.6. The van der Waals surface area contributed by atoms with Crippen LogP contribution in [0.5, 0.6) is 0 Å². The van der Waals surface area contributed by atoms with Gasteiger partial charge in [-0.25, -0.2) is 0 Å². The van der Waals surface area contributed by atoms with Crippen LogP contribution < -0.4 is 31.5 Å². The van der Waals surface area contributed by atoms with Crippen LogP contribution in [0.25, 0.3) is 22.3 Å². The summed E-state index contributed by atoms with van der Waals surface area (Å²) in [5, 5.41) is 0. The van der Waals surface area contributed by atoms with Crippen LogP contribution in [0.3, 0.4) is 0 Å². The summed E-state index contributed by atoms with van der Waals surface area (Å²) >= 11 is -5.63. The van der Waals surface area contributed by atoms with Gasteiger partial charge in [0, 0.05) is 0 Å². The van der Waals surface area contributed by atoms with Gasteiger partial charge in [0.05, 0.1) is 0 Å². The fraction of sp³-hybridized carbons (Fsp3) is 0.293. The maximum absolute atomic E-state index is 2.82. The number of hydrogen-bond acceptors (Lipinski definition) is 0. The van der Waals surface area contributed by atoms with Crippen molar-refractivity contribution in [2.75, 3.05) is 0 Å². The zero-order chi connectivity index (χ0) is 59.0. The Morgan fingerprint density at radius 3 is 0.919 bits per heavy atom. The maximum atomic E-state index is 2.51. The summed E-state index contributed by atoms with van der Waals surface area (Å²) in [6, 6.07) is 69.5. The molecule has 0 heterocycles. The summed E-state index contributed by atoms with van der Waals surface area (Å²) in [6.07, 6.45) is 23.1. The third kappa shape index (κ3) is 14.6. The Labute approximate surface area is 545 Å². The second kappa shape index (κ2) is 27.3. The first-order valence-electron chi connectivity index (χ1n) is 31.1. The predicted molar refractivity (Wildman–Crippen MR) is 358 cm³/mol. The Morgan fingerprint density at radius 2 is 0.651 bits per heavy atom. The van der Waals surface area contributed by atoms with Crippen molar-refractivity contribution in [3.8, 4) is 22.3 Å². The minimum Gasteiger partial charge on any atom is -1.00 e. The van der Waals surface area contributed by atoms with Crippen molar-refractivity contribution in [1.29, 1.82) is 0 Å². The zero-order valence-corrected chi connectivity index (χ0v) is 61.9. The Bertz CT molecular complexity index is 3590. The van der Waals surface area contributed by atoms with Crippen LogP contribution in [0, 0.1) is 0 Å². The molecule has 4 heteroatoms. The van der Waals surface area contributed by atoms with Gasteiger partial charge in [-0.3, -0.25) is 0 Å². The smallest absolute Gasteiger partial charge is 1.00 e. The molecule has 4 aliphatic rings. The minimum atomic E-state index is -2.82. The number of hydrogen-bond donors (Lipinski definition) is 0. The Balaban J connectivity index is 0.000000201. The van der Waals surface area contributed by atoms with Crippen molar-refractivity contribution in [2.24, 2.45) is 0 Å². The molecule has 0 bridgehead atoms. The number of halogens is 2. The van der Waals surface area contributed by atoms with Crippen molar-refractivity contribution in [3.63, 3.8) is 0 Å². The summed E-state index contributed by atoms with van der Waals surface area (Å²) in [7, 11) is 0. The van der Waals surface area contributed by atoms with E-state index in [-0.39, 0.29) is 46.5 Å². The van der Waals surface area contributed by atoms with Gasteiger partial charge in [-0.05, 0) is 0 Å². The second-order valence-electron chi connectivity index (χ2n) is 28.4. The molecule has 0 saturated heterocycles. The molecular formula is C82H88Cl2Hf2-2. The Morgan fingerprint density at radius 1 is 0.349 bits per heavy atom. The summed E-state index contributed by atoms with van der Waals surface area (Å²) in [5.74, 6) is 0. The van der Waals surface area contributed by atoms with Crippen molar-refractivity contribution in [2.45, 2.75) is 156 Å². The quantitative estimate of drug-likeness (QED) is 0.107. The van der Waals surface area contributed by atoms with Gasteiger partial charge < -0.3 is 24.8 Å². The van der Waals surface area contributed by atoms with Crippen LogP contribution in [0.4, 0.5) is 0 Å². The summed E-state index contributed by atoms with van der Waals surface area (Å²) in [5.41, 5.74) is 24.5. The van der Waals surface area contributed by atoms with Crippen LogP contribution in [0.1, 0.15) is 163 Å². The molecule has 0 atom stereocenters. The molecule has 0 nitrogen and oxygen atoms in total. The molecule has 86 heavy (non-hydrogen) atoms. The van der Waals surface area contributed by atoms with Crippen LogP contribution in [0.15, 0.2) is 225 Å². The molecule has 0 spiro atoms.